The number of pyridine rings is 1. The number of thiophene rings is 1. The van der Waals surface area contributed by atoms with Gasteiger partial charge in [0.1, 0.15) is 11.4 Å². The van der Waals surface area contributed by atoms with Crippen molar-refractivity contribution in [2.75, 3.05) is 7.11 Å². The van der Waals surface area contributed by atoms with Gasteiger partial charge in [0.2, 0.25) is 0 Å². The summed E-state index contributed by atoms with van der Waals surface area (Å²) in [6.45, 7) is 0.0813. The molecule has 0 saturated carbocycles. The van der Waals surface area contributed by atoms with Crippen LogP contribution >= 0.6 is 11.3 Å². The first-order valence-corrected chi connectivity index (χ1v) is 8.46. The normalized spacial score (nSPS) is 11.1. The summed E-state index contributed by atoms with van der Waals surface area (Å²) in [4.78, 5) is 5.65. The van der Waals surface area contributed by atoms with E-state index in [0.717, 1.165) is 38.7 Å². The molecule has 0 aliphatic carbocycles. The largest absolute Gasteiger partial charge is 0.497 e. The molecule has 120 valence electrons. The number of aliphatic hydroxyl groups is 1. The number of methoxy groups -OCH3 is 1. The third-order valence-corrected chi connectivity index (χ3v) is 4.88. The fourth-order valence-electron chi connectivity index (χ4n) is 2.70. The maximum atomic E-state index is 9.23. The molecule has 0 aliphatic rings. The number of rotatable bonds is 4. The first kappa shape index (κ1) is 14.9. The van der Waals surface area contributed by atoms with Gasteiger partial charge >= 0.3 is 0 Å². The summed E-state index contributed by atoms with van der Waals surface area (Å²) in [5.41, 5.74) is 5.05. The molecule has 0 amide bonds. The van der Waals surface area contributed by atoms with Crippen LogP contribution in [0.15, 0.2) is 60.2 Å². The summed E-state index contributed by atoms with van der Waals surface area (Å²) in [5, 5.41) is 11.3. The highest BCUT2D eigenvalue weighted by molar-refractivity contribution is 7.10. The lowest BCUT2D eigenvalue weighted by atomic mass is 10.1. The molecule has 4 rings (SSSR count). The second-order valence-corrected chi connectivity index (χ2v) is 6.50. The maximum Gasteiger partial charge on any atom is 0.137 e. The Morgan fingerprint density at radius 3 is 2.79 bits per heavy atom. The number of aromatic nitrogens is 2. The number of hydrogen-bond donors (Lipinski definition) is 1. The predicted octanol–water partition coefficient (Wildman–Crippen LogP) is 4.23. The molecule has 4 nitrogen and oxygen atoms in total. The van der Waals surface area contributed by atoms with E-state index in [9.17, 15) is 5.11 Å². The maximum absolute atomic E-state index is 9.23. The molecule has 24 heavy (non-hydrogen) atoms. The van der Waals surface area contributed by atoms with Crippen LogP contribution in [0.2, 0.25) is 0 Å². The van der Waals surface area contributed by atoms with Crippen LogP contribution in [-0.2, 0) is 6.61 Å². The molecule has 0 aliphatic heterocycles. The molecule has 0 saturated heterocycles. The van der Waals surface area contributed by atoms with Gasteiger partial charge in [-0.15, -0.1) is 11.3 Å². The number of hydrogen-bond acceptors (Lipinski definition) is 4. The molecule has 1 N–H and O–H groups in total. The van der Waals surface area contributed by atoms with Crippen LogP contribution in [0, 0.1) is 0 Å². The van der Waals surface area contributed by atoms with E-state index in [4.69, 9.17) is 4.74 Å². The fourth-order valence-corrected chi connectivity index (χ4v) is 3.45. The Balaban J connectivity index is 1.75. The first-order valence-electron chi connectivity index (χ1n) is 7.58. The van der Waals surface area contributed by atoms with E-state index in [0.29, 0.717) is 0 Å². The van der Waals surface area contributed by atoms with Crippen molar-refractivity contribution in [2.45, 2.75) is 6.61 Å². The van der Waals surface area contributed by atoms with Gasteiger partial charge in [0.05, 0.1) is 19.4 Å². The average Bonchev–Trinajstić information content (AvgIpc) is 3.27. The van der Waals surface area contributed by atoms with E-state index in [2.05, 4.69) is 22.6 Å². The number of fused-ring (bicyclic) bond motifs is 1. The van der Waals surface area contributed by atoms with Crippen LogP contribution in [0.5, 0.6) is 5.75 Å². The van der Waals surface area contributed by atoms with E-state index in [-0.39, 0.29) is 6.61 Å². The zero-order chi connectivity index (χ0) is 16.5. The smallest absolute Gasteiger partial charge is 0.137 e. The van der Waals surface area contributed by atoms with E-state index in [1.807, 2.05) is 47.0 Å². The van der Waals surface area contributed by atoms with Gasteiger partial charge < -0.3 is 14.2 Å². The summed E-state index contributed by atoms with van der Waals surface area (Å²) in [5.74, 6) is 0.819. The van der Waals surface area contributed by atoms with Gasteiger partial charge in [0.25, 0.3) is 0 Å². The highest BCUT2D eigenvalue weighted by Crippen LogP contribution is 2.28. The predicted molar refractivity (Wildman–Crippen MR) is 96.4 cm³/mol. The molecule has 0 fully saturated rings. The molecule has 0 unspecified atom stereocenters. The molecular weight excluding hydrogens is 320 g/mol. The minimum absolute atomic E-state index is 0.0813. The molecule has 4 aromatic rings. The Hall–Kier alpha value is -2.63. The van der Waals surface area contributed by atoms with Crippen molar-refractivity contribution >= 4 is 17.0 Å². The summed E-state index contributed by atoms with van der Waals surface area (Å²) in [6, 6.07) is 14.0. The van der Waals surface area contributed by atoms with Crippen LogP contribution < -0.4 is 4.74 Å². The molecule has 0 atom stereocenters. The number of ether oxygens (including phenoxy) is 1. The lowest BCUT2D eigenvalue weighted by Crippen LogP contribution is -1.84. The average molecular weight is 336 g/mol. The van der Waals surface area contributed by atoms with Crippen LogP contribution in [0.1, 0.15) is 4.88 Å². The van der Waals surface area contributed by atoms with Gasteiger partial charge in [-0.05, 0) is 46.8 Å². The number of benzene rings is 1. The van der Waals surface area contributed by atoms with Crippen molar-refractivity contribution in [1.29, 1.82) is 0 Å². The highest BCUT2D eigenvalue weighted by Gasteiger charge is 2.08. The Kier molecular flexibility index (Phi) is 3.80. The van der Waals surface area contributed by atoms with Crippen LogP contribution in [0.25, 0.3) is 28.0 Å². The molecule has 3 heterocycles. The number of aliphatic hydroxyl groups excluding tert-OH is 1. The lowest BCUT2D eigenvalue weighted by molar-refractivity contribution is 0.285. The summed E-state index contributed by atoms with van der Waals surface area (Å²) in [6.07, 6.45) is 4.09. The van der Waals surface area contributed by atoms with E-state index in [1.165, 1.54) is 0 Å². The van der Waals surface area contributed by atoms with Gasteiger partial charge in [0.15, 0.2) is 0 Å². The van der Waals surface area contributed by atoms with E-state index < -0.39 is 0 Å². The topological polar surface area (TPSA) is 46.8 Å². The Bertz CT molecular complexity index is 1000. The van der Waals surface area contributed by atoms with Gasteiger partial charge in [-0.25, -0.2) is 4.98 Å². The summed E-state index contributed by atoms with van der Waals surface area (Å²) in [7, 11) is 1.66. The molecule has 3 aromatic heterocycles. The van der Waals surface area contributed by atoms with Gasteiger partial charge in [-0.2, -0.15) is 0 Å². The molecule has 0 spiro atoms. The first-order chi connectivity index (χ1) is 11.8. The number of nitrogens with zero attached hydrogens (tertiary/aromatic N) is 2. The van der Waals surface area contributed by atoms with Crippen LogP contribution in [0.3, 0.4) is 0 Å². The Morgan fingerprint density at radius 1 is 1.08 bits per heavy atom. The standard InChI is InChI=1S/C19H16N2O2S/c1-23-16-4-2-3-13(7-16)18-10-21-9-14(5-6-19(21)20-18)15-8-17(11-22)24-12-15/h2-10,12,22H,11H2,1H3. The van der Waals surface area contributed by atoms with Crippen LogP contribution in [0.4, 0.5) is 0 Å². The van der Waals surface area contributed by atoms with E-state index >= 15 is 0 Å². The molecule has 1 aromatic carbocycles. The molecule has 0 bridgehead atoms. The number of imidazole rings is 1. The van der Waals surface area contributed by atoms with Gasteiger partial charge in [0, 0.05) is 22.8 Å². The SMILES string of the molecule is COc1cccc(-c2cn3cc(-c4csc(CO)c4)ccc3n2)c1. The second-order valence-electron chi connectivity index (χ2n) is 5.50. The van der Waals surface area contributed by atoms with Crippen molar-refractivity contribution in [3.8, 4) is 28.1 Å². The monoisotopic (exact) mass is 336 g/mol. The van der Waals surface area contributed by atoms with Gasteiger partial charge in [-0.1, -0.05) is 12.1 Å². The third-order valence-electron chi connectivity index (χ3n) is 3.96. The van der Waals surface area contributed by atoms with Crippen molar-refractivity contribution < 1.29 is 9.84 Å². The van der Waals surface area contributed by atoms with Crippen molar-refractivity contribution in [1.82, 2.24) is 9.38 Å². The molecule has 0 radical (unpaired) electrons. The zero-order valence-corrected chi connectivity index (χ0v) is 14.0. The van der Waals surface area contributed by atoms with Crippen LogP contribution in [-0.4, -0.2) is 21.6 Å². The van der Waals surface area contributed by atoms with Crippen molar-refractivity contribution in [3.63, 3.8) is 0 Å². The van der Waals surface area contributed by atoms with E-state index in [1.54, 1.807) is 18.4 Å². The molecule has 5 heteroatoms. The van der Waals surface area contributed by atoms with Gasteiger partial charge in [-0.3, -0.25) is 0 Å². The summed E-state index contributed by atoms with van der Waals surface area (Å²) >= 11 is 1.57. The minimum Gasteiger partial charge on any atom is -0.497 e. The fraction of sp³-hybridized carbons (Fsp3) is 0.105. The minimum atomic E-state index is 0.0813. The lowest BCUT2D eigenvalue weighted by Gasteiger charge is -2.01. The third kappa shape index (κ3) is 2.68. The quantitative estimate of drug-likeness (QED) is 0.606. The molecular formula is C19H16N2O2S. The Labute approximate surface area is 143 Å². The second kappa shape index (κ2) is 6.11. The highest BCUT2D eigenvalue weighted by atomic mass is 32.1. The van der Waals surface area contributed by atoms with Crippen molar-refractivity contribution in [3.05, 3.63) is 65.1 Å². The van der Waals surface area contributed by atoms with Crippen molar-refractivity contribution in [2.24, 2.45) is 0 Å². The zero-order valence-electron chi connectivity index (χ0n) is 13.1. The summed E-state index contributed by atoms with van der Waals surface area (Å²) < 4.78 is 7.31. The Morgan fingerprint density at radius 2 is 2.00 bits per heavy atom.